The van der Waals surface area contributed by atoms with Crippen LogP contribution in [0, 0.1) is 11.8 Å². The molecule has 58 valence electrons. The Kier molecular flexibility index (Phi) is 1.46. The van der Waals surface area contributed by atoms with Gasteiger partial charge in [0.2, 0.25) is 0 Å². The van der Waals surface area contributed by atoms with Crippen LogP contribution in [0.5, 0.6) is 0 Å². The Labute approximate surface area is 60.9 Å². The van der Waals surface area contributed by atoms with E-state index in [1.165, 1.54) is 0 Å². The maximum absolute atomic E-state index is 9.41. The van der Waals surface area contributed by atoms with Gasteiger partial charge in [-0.25, -0.2) is 0 Å². The Bertz CT molecular complexity index is 119. The fourth-order valence-electron chi connectivity index (χ4n) is 2.54. The Morgan fingerprint density at radius 1 is 0.700 bits per heavy atom. The first kappa shape index (κ1) is 6.62. The van der Waals surface area contributed by atoms with E-state index in [0.29, 0.717) is 11.8 Å². The normalized spacial score (nSPS) is 53.4. The molecular formula is C8H14O2. The van der Waals surface area contributed by atoms with Gasteiger partial charge in [0.15, 0.2) is 0 Å². The molecule has 4 atom stereocenters. The number of hydrogen-bond acceptors (Lipinski definition) is 2. The highest BCUT2D eigenvalue weighted by Crippen LogP contribution is 2.43. The van der Waals surface area contributed by atoms with Gasteiger partial charge in [0.05, 0.1) is 12.2 Å². The number of aliphatic hydroxyl groups is 2. The van der Waals surface area contributed by atoms with Crippen molar-refractivity contribution in [2.75, 3.05) is 0 Å². The summed E-state index contributed by atoms with van der Waals surface area (Å²) < 4.78 is 0. The van der Waals surface area contributed by atoms with Crippen molar-refractivity contribution in [2.45, 2.75) is 37.9 Å². The Hall–Kier alpha value is -0.0800. The topological polar surface area (TPSA) is 40.5 Å². The first-order valence-electron chi connectivity index (χ1n) is 4.15. The van der Waals surface area contributed by atoms with E-state index in [1.54, 1.807) is 0 Å². The van der Waals surface area contributed by atoms with Crippen LogP contribution in [0.25, 0.3) is 0 Å². The lowest BCUT2D eigenvalue weighted by molar-refractivity contribution is 0.0988. The first-order valence-corrected chi connectivity index (χ1v) is 4.15. The standard InChI is InChI=1S/C8H14O2/c9-7-3-1-5-6(7)2-4-8(5)10/h5-10H,1-4H2/t5-,6-,7-,8-/m0/s1. The fourth-order valence-corrected chi connectivity index (χ4v) is 2.54. The molecule has 2 aliphatic carbocycles. The van der Waals surface area contributed by atoms with E-state index in [9.17, 15) is 10.2 Å². The summed E-state index contributed by atoms with van der Waals surface area (Å²) in [5.74, 6) is 0.852. The van der Waals surface area contributed by atoms with Crippen molar-refractivity contribution in [2.24, 2.45) is 11.8 Å². The molecule has 2 fully saturated rings. The van der Waals surface area contributed by atoms with Gasteiger partial charge in [0.1, 0.15) is 0 Å². The summed E-state index contributed by atoms with van der Waals surface area (Å²) >= 11 is 0. The molecule has 0 aromatic rings. The molecule has 0 amide bonds. The molecule has 2 rings (SSSR count). The van der Waals surface area contributed by atoms with Gasteiger partial charge < -0.3 is 10.2 Å². The molecule has 0 spiro atoms. The second-order valence-electron chi connectivity index (χ2n) is 3.62. The van der Waals surface area contributed by atoms with E-state index in [0.717, 1.165) is 25.7 Å². The predicted molar refractivity (Wildman–Crippen MR) is 37.5 cm³/mol. The van der Waals surface area contributed by atoms with Crippen molar-refractivity contribution in [3.8, 4) is 0 Å². The second kappa shape index (κ2) is 2.21. The van der Waals surface area contributed by atoms with Gasteiger partial charge in [-0.3, -0.25) is 0 Å². The van der Waals surface area contributed by atoms with Crippen LogP contribution >= 0.6 is 0 Å². The van der Waals surface area contributed by atoms with E-state index in [-0.39, 0.29) is 12.2 Å². The Morgan fingerprint density at radius 2 is 1.10 bits per heavy atom. The minimum Gasteiger partial charge on any atom is -0.393 e. The molecule has 2 N–H and O–H groups in total. The molecule has 0 heterocycles. The van der Waals surface area contributed by atoms with Crippen molar-refractivity contribution in [1.82, 2.24) is 0 Å². The molecular weight excluding hydrogens is 128 g/mol. The van der Waals surface area contributed by atoms with Crippen LogP contribution in [-0.4, -0.2) is 22.4 Å². The lowest BCUT2D eigenvalue weighted by atomic mass is 9.98. The Balaban J connectivity index is 2.09. The lowest BCUT2D eigenvalue weighted by Gasteiger charge is -2.13. The molecule has 2 saturated carbocycles. The van der Waals surface area contributed by atoms with E-state index < -0.39 is 0 Å². The van der Waals surface area contributed by atoms with Gasteiger partial charge in [-0.1, -0.05) is 0 Å². The maximum Gasteiger partial charge on any atom is 0.0572 e. The smallest absolute Gasteiger partial charge is 0.0572 e. The highest BCUT2D eigenvalue weighted by atomic mass is 16.3. The van der Waals surface area contributed by atoms with Crippen molar-refractivity contribution < 1.29 is 10.2 Å². The van der Waals surface area contributed by atoms with Gasteiger partial charge in [0, 0.05) is 0 Å². The third kappa shape index (κ3) is 0.789. The van der Waals surface area contributed by atoms with Crippen molar-refractivity contribution in [1.29, 1.82) is 0 Å². The van der Waals surface area contributed by atoms with Crippen LogP contribution in [0.1, 0.15) is 25.7 Å². The van der Waals surface area contributed by atoms with E-state index in [4.69, 9.17) is 0 Å². The molecule has 0 bridgehead atoms. The molecule has 0 radical (unpaired) electrons. The molecule has 0 unspecified atom stereocenters. The Morgan fingerprint density at radius 3 is 1.50 bits per heavy atom. The average molecular weight is 142 g/mol. The van der Waals surface area contributed by atoms with Gasteiger partial charge in [-0.2, -0.15) is 0 Å². The lowest BCUT2D eigenvalue weighted by Crippen LogP contribution is -2.18. The third-order valence-electron chi connectivity index (χ3n) is 3.13. The summed E-state index contributed by atoms with van der Waals surface area (Å²) in [7, 11) is 0. The van der Waals surface area contributed by atoms with Crippen molar-refractivity contribution in [3.63, 3.8) is 0 Å². The van der Waals surface area contributed by atoms with Crippen LogP contribution < -0.4 is 0 Å². The molecule has 0 saturated heterocycles. The predicted octanol–water partition coefficient (Wildman–Crippen LogP) is 0.528. The summed E-state index contributed by atoms with van der Waals surface area (Å²) in [6.45, 7) is 0. The molecule has 0 aromatic carbocycles. The quantitative estimate of drug-likeness (QED) is 0.518. The van der Waals surface area contributed by atoms with Crippen LogP contribution in [0.4, 0.5) is 0 Å². The van der Waals surface area contributed by atoms with Crippen LogP contribution in [-0.2, 0) is 0 Å². The molecule has 2 aliphatic rings. The van der Waals surface area contributed by atoms with Gasteiger partial charge in [-0.05, 0) is 37.5 Å². The van der Waals surface area contributed by atoms with E-state index >= 15 is 0 Å². The van der Waals surface area contributed by atoms with E-state index in [2.05, 4.69) is 0 Å². The van der Waals surface area contributed by atoms with Crippen molar-refractivity contribution >= 4 is 0 Å². The summed E-state index contributed by atoms with van der Waals surface area (Å²) in [6.07, 6.45) is 3.67. The maximum atomic E-state index is 9.41. The average Bonchev–Trinajstić information content (AvgIpc) is 2.41. The molecule has 2 nitrogen and oxygen atoms in total. The zero-order chi connectivity index (χ0) is 7.14. The number of hydrogen-bond donors (Lipinski definition) is 2. The minimum absolute atomic E-state index is 0.109. The van der Waals surface area contributed by atoms with E-state index in [1.807, 2.05) is 0 Å². The molecule has 2 heteroatoms. The monoisotopic (exact) mass is 142 g/mol. The van der Waals surface area contributed by atoms with Gasteiger partial charge in [0.25, 0.3) is 0 Å². The van der Waals surface area contributed by atoms with Crippen molar-refractivity contribution in [3.05, 3.63) is 0 Å². The largest absolute Gasteiger partial charge is 0.393 e. The van der Waals surface area contributed by atoms with Crippen LogP contribution in [0.2, 0.25) is 0 Å². The van der Waals surface area contributed by atoms with Gasteiger partial charge >= 0.3 is 0 Å². The fraction of sp³-hybridized carbons (Fsp3) is 1.00. The molecule has 0 aliphatic heterocycles. The van der Waals surface area contributed by atoms with Crippen LogP contribution in [0.15, 0.2) is 0 Å². The second-order valence-corrected chi connectivity index (χ2v) is 3.62. The zero-order valence-electron chi connectivity index (χ0n) is 6.03. The van der Waals surface area contributed by atoms with Gasteiger partial charge in [-0.15, -0.1) is 0 Å². The summed E-state index contributed by atoms with van der Waals surface area (Å²) in [5, 5.41) is 18.8. The number of fused-ring (bicyclic) bond motifs is 1. The zero-order valence-corrected chi connectivity index (χ0v) is 6.03. The summed E-state index contributed by atoms with van der Waals surface area (Å²) in [6, 6.07) is 0. The molecule has 0 aromatic heterocycles. The highest BCUT2D eigenvalue weighted by Gasteiger charge is 2.43. The number of aliphatic hydroxyl groups excluding tert-OH is 2. The first-order chi connectivity index (χ1) is 4.79. The summed E-state index contributed by atoms with van der Waals surface area (Å²) in [5.41, 5.74) is 0. The SMILES string of the molecule is O[C@H]1CC[C@H]2[C@@H]1CC[C@@H]2O. The third-order valence-corrected chi connectivity index (χ3v) is 3.13. The minimum atomic E-state index is -0.109. The molecule has 10 heavy (non-hydrogen) atoms. The number of rotatable bonds is 0. The van der Waals surface area contributed by atoms with Crippen LogP contribution in [0.3, 0.4) is 0 Å². The summed E-state index contributed by atoms with van der Waals surface area (Å²) in [4.78, 5) is 0. The highest BCUT2D eigenvalue weighted by molar-refractivity contribution is 4.93.